The van der Waals surface area contributed by atoms with Crippen LogP contribution in [0.1, 0.15) is 69.4 Å². The minimum absolute atomic E-state index is 0.119. The molecule has 0 saturated carbocycles. The standard InChI is InChI=1S/C25H35N4O.3CH3.Sn/c1-20(2)11-16-28(17-12-21(3)4)25(30)22-9-10-24-26-18-23(29(24)19-22)8-7-15-27-13-5-6-14-27;;;;/h9-10,19-21H,5-6,11-17H2,1-4H3;3*1H3;. The predicted molar refractivity (Wildman–Crippen MR) is 146 cm³/mol. The number of fused-ring (bicyclic) bond motifs is 1. The van der Waals surface area contributed by atoms with Gasteiger partial charge in [0, 0.05) is 0 Å². The van der Waals surface area contributed by atoms with Crippen LogP contribution in [0.4, 0.5) is 0 Å². The molecular weight excluding hydrogens is 527 g/mol. The molecule has 0 N–H and O–H groups in total. The molecule has 0 unspecified atom stereocenters. The average molecular weight is 571 g/mol. The van der Waals surface area contributed by atoms with Gasteiger partial charge in [-0.3, -0.25) is 0 Å². The van der Waals surface area contributed by atoms with Gasteiger partial charge in [-0.2, -0.15) is 0 Å². The summed E-state index contributed by atoms with van der Waals surface area (Å²) in [6.07, 6.45) is 6.58. The second kappa shape index (κ2) is 11.9. The Labute approximate surface area is 211 Å². The monoisotopic (exact) mass is 572 g/mol. The first-order valence-corrected chi connectivity index (χ1v) is 23.1. The van der Waals surface area contributed by atoms with E-state index in [2.05, 4.69) is 63.7 Å². The Balaban J connectivity index is 1.95. The van der Waals surface area contributed by atoms with Crippen molar-refractivity contribution in [1.29, 1.82) is 0 Å². The summed E-state index contributed by atoms with van der Waals surface area (Å²) < 4.78 is 3.29. The summed E-state index contributed by atoms with van der Waals surface area (Å²) >= 11 is -2.51. The van der Waals surface area contributed by atoms with Crippen molar-refractivity contribution in [3.05, 3.63) is 29.6 Å². The molecule has 1 amide bonds. The average Bonchev–Trinajstić information content (AvgIpc) is 3.40. The van der Waals surface area contributed by atoms with Gasteiger partial charge in [0.25, 0.3) is 0 Å². The molecule has 3 heterocycles. The summed E-state index contributed by atoms with van der Waals surface area (Å²) in [5.74, 6) is 8.17. The summed E-state index contributed by atoms with van der Waals surface area (Å²) in [5, 5.41) is 0. The Kier molecular flexibility index (Phi) is 9.51. The molecule has 1 aliphatic rings. The number of likely N-dealkylation sites (tertiary alicyclic amines) is 1. The quantitative estimate of drug-likeness (QED) is 0.319. The van der Waals surface area contributed by atoms with Crippen LogP contribution in [-0.4, -0.2) is 76.2 Å². The molecule has 0 aromatic carbocycles. The SMILES string of the molecule is CC(C)CCN(CCC(C)C)C(=O)c1ccc2n[c]([Sn]([CH3])([CH3])[CH3])c(C#CCN3CCCC3)n2c1. The molecule has 0 aliphatic carbocycles. The van der Waals surface area contributed by atoms with Gasteiger partial charge >= 0.3 is 212 Å². The molecule has 6 heteroatoms. The number of pyridine rings is 1. The Morgan fingerprint density at radius 3 is 2.24 bits per heavy atom. The maximum atomic E-state index is 13.6. The van der Waals surface area contributed by atoms with E-state index < -0.39 is 18.4 Å². The molecule has 1 saturated heterocycles. The van der Waals surface area contributed by atoms with Crippen LogP contribution in [-0.2, 0) is 0 Å². The molecule has 0 spiro atoms. The fraction of sp³-hybridized carbons (Fsp3) is 0.643. The van der Waals surface area contributed by atoms with Gasteiger partial charge in [0.15, 0.2) is 0 Å². The van der Waals surface area contributed by atoms with Crippen molar-refractivity contribution >= 4 is 33.6 Å². The number of carbonyl (C=O) groups excluding carboxylic acids is 1. The fourth-order valence-electron chi connectivity index (χ4n) is 4.31. The van der Waals surface area contributed by atoms with Crippen molar-refractivity contribution in [2.24, 2.45) is 11.8 Å². The molecule has 0 radical (unpaired) electrons. The zero-order chi connectivity index (χ0) is 24.9. The maximum absolute atomic E-state index is 13.6. The van der Waals surface area contributed by atoms with Crippen LogP contribution in [0.3, 0.4) is 0 Å². The molecule has 1 aliphatic heterocycles. The summed E-state index contributed by atoms with van der Waals surface area (Å²) in [6.45, 7) is 13.6. The summed E-state index contributed by atoms with van der Waals surface area (Å²) in [7, 11) is 0. The third-order valence-corrected chi connectivity index (χ3v) is 11.6. The molecule has 34 heavy (non-hydrogen) atoms. The number of nitrogens with zero attached hydrogens (tertiary/aromatic N) is 4. The third-order valence-electron chi connectivity index (χ3n) is 6.52. The molecule has 2 aromatic rings. The number of rotatable bonds is 9. The molecular formula is C28H44N4OSn. The number of hydrogen-bond donors (Lipinski definition) is 0. The van der Waals surface area contributed by atoms with Crippen LogP contribution < -0.4 is 3.71 Å². The van der Waals surface area contributed by atoms with Gasteiger partial charge in [0.05, 0.1) is 0 Å². The van der Waals surface area contributed by atoms with Crippen molar-refractivity contribution in [2.45, 2.75) is 68.2 Å². The van der Waals surface area contributed by atoms with E-state index in [4.69, 9.17) is 4.98 Å². The molecule has 0 atom stereocenters. The summed E-state index contributed by atoms with van der Waals surface area (Å²) in [5.41, 5.74) is 2.64. The molecule has 0 bridgehead atoms. The van der Waals surface area contributed by atoms with Crippen LogP contribution in [0, 0.1) is 23.7 Å². The van der Waals surface area contributed by atoms with E-state index in [9.17, 15) is 4.79 Å². The first-order valence-electron chi connectivity index (χ1n) is 13.1. The predicted octanol–water partition coefficient (Wildman–Crippen LogP) is 4.86. The summed E-state index contributed by atoms with van der Waals surface area (Å²) in [6, 6.07) is 3.95. The van der Waals surface area contributed by atoms with Crippen molar-refractivity contribution in [3.8, 4) is 11.8 Å². The Morgan fingerprint density at radius 2 is 1.68 bits per heavy atom. The first kappa shape index (κ1) is 27.1. The number of carbonyl (C=O) groups is 1. The minimum atomic E-state index is -2.51. The van der Waals surface area contributed by atoms with Crippen molar-refractivity contribution in [2.75, 3.05) is 32.7 Å². The van der Waals surface area contributed by atoms with E-state index >= 15 is 0 Å². The first-order chi connectivity index (χ1) is 16.1. The van der Waals surface area contributed by atoms with E-state index in [0.29, 0.717) is 11.8 Å². The van der Waals surface area contributed by atoms with E-state index in [1.165, 1.54) is 16.6 Å². The molecule has 186 valence electrons. The van der Waals surface area contributed by atoms with E-state index in [0.717, 1.165) is 62.5 Å². The molecule has 3 rings (SSSR count). The number of amides is 1. The zero-order valence-electron chi connectivity index (χ0n) is 22.4. The van der Waals surface area contributed by atoms with Gasteiger partial charge < -0.3 is 0 Å². The number of imidazole rings is 1. The molecule has 2 aromatic heterocycles. The second-order valence-electron chi connectivity index (χ2n) is 11.6. The van der Waals surface area contributed by atoms with Crippen LogP contribution in [0.25, 0.3) is 5.65 Å². The van der Waals surface area contributed by atoms with Crippen LogP contribution in [0.15, 0.2) is 18.3 Å². The van der Waals surface area contributed by atoms with Crippen LogP contribution in [0.5, 0.6) is 0 Å². The van der Waals surface area contributed by atoms with Gasteiger partial charge in [-0.05, 0) is 0 Å². The molecule has 5 nitrogen and oxygen atoms in total. The van der Waals surface area contributed by atoms with Gasteiger partial charge in [0.2, 0.25) is 0 Å². The van der Waals surface area contributed by atoms with Crippen molar-refractivity contribution in [1.82, 2.24) is 19.2 Å². The second-order valence-corrected chi connectivity index (χ2v) is 25.8. The molecule has 1 fully saturated rings. The van der Waals surface area contributed by atoms with Crippen LogP contribution in [0.2, 0.25) is 14.8 Å². The fourth-order valence-corrected chi connectivity index (χ4v) is 8.15. The van der Waals surface area contributed by atoms with Crippen LogP contribution >= 0.6 is 0 Å². The topological polar surface area (TPSA) is 40.9 Å². The number of hydrogen-bond acceptors (Lipinski definition) is 3. The Bertz CT molecular complexity index is 1020. The Morgan fingerprint density at radius 1 is 1.06 bits per heavy atom. The van der Waals surface area contributed by atoms with Gasteiger partial charge in [-0.1, -0.05) is 0 Å². The summed E-state index contributed by atoms with van der Waals surface area (Å²) in [4.78, 5) is 30.2. The van der Waals surface area contributed by atoms with E-state index in [-0.39, 0.29) is 5.91 Å². The van der Waals surface area contributed by atoms with Gasteiger partial charge in [-0.25, -0.2) is 0 Å². The van der Waals surface area contributed by atoms with Gasteiger partial charge in [0.1, 0.15) is 0 Å². The van der Waals surface area contributed by atoms with Gasteiger partial charge in [-0.15, -0.1) is 0 Å². The van der Waals surface area contributed by atoms with E-state index in [1.54, 1.807) is 0 Å². The normalized spacial score (nSPS) is 14.7. The van der Waals surface area contributed by atoms with Crippen molar-refractivity contribution in [3.63, 3.8) is 0 Å². The zero-order valence-corrected chi connectivity index (χ0v) is 25.3. The van der Waals surface area contributed by atoms with Crippen molar-refractivity contribution < 1.29 is 4.79 Å². The van der Waals surface area contributed by atoms with E-state index in [1.807, 2.05) is 23.2 Å². The number of aromatic nitrogens is 2. The Hall–Kier alpha value is -1.52. The third kappa shape index (κ3) is 7.24.